The molecule has 0 radical (unpaired) electrons. The van der Waals surface area contributed by atoms with Crippen LogP contribution in [0.5, 0.6) is 0 Å². The Balaban J connectivity index is 2.07. The zero-order valence-electron chi connectivity index (χ0n) is 13.2. The number of nitrogens with zero attached hydrogens (tertiary/aromatic N) is 2. The first-order valence-electron chi connectivity index (χ1n) is 7.78. The molecular formula is C16H23N3O3. The first-order chi connectivity index (χ1) is 10.5. The van der Waals surface area contributed by atoms with E-state index in [0.29, 0.717) is 19.0 Å². The van der Waals surface area contributed by atoms with E-state index in [4.69, 9.17) is 0 Å². The van der Waals surface area contributed by atoms with Gasteiger partial charge in [0.25, 0.3) is 11.6 Å². The normalized spacial score (nSPS) is 15.8. The summed E-state index contributed by atoms with van der Waals surface area (Å²) in [6.07, 6.45) is 1.89. The molecule has 1 amide bonds. The smallest absolute Gasteiger partial charge is 0.282 e. The maximum atomic E-state index is 12.6. The largest absolute Gasteiger partial charge is 0.338 e. The standard InChI is InChI=1S/C16H23N3O3/c1-3-17-11-13-6-8-18(9-7-13)16(20)14-10-12(2)4-5-15(14)19(21)22/h4-5,10,13,17H,3,6-9,11H2,1-2H3. The maximum Gasteiger partial charge on any atom is 0.282 e. The van der Waals surface area contributed by atoms with E-state index in [1.807, 2.05) is 6.92 Å². The topological polar surface area (TPSA) is 75.5 Å². The van der Waals surface area contributed by atoms with Crippen LogP contribution < -0.4 is 5.32 Å². The number of hydrogen-bond donors (Lipinski definition) is 1. The molecule has 22 heavy (non-hydrogen) atoms. The molecule has 0 saturated carbocycles. The molecule has 1 heterocycles. The first kappa shape index (κ1) is 16.4. The predicted octanol–water partition coefficient (Wildman–Crippen LogP) is 2.36. The molecule has 0 aliphatic carbocycles. The highest BCUT2D eigenvalue weighted by molar-refractivity contribution is 5.98. The van der Waals surface area contributed by atoms with Gasteiger partial charge in [0, 0.05) is 19.2 Å². The zero-order valence-corrected chi connectivity index (χ0v) is 13.2. The predicted molar refractivity (Wildman–Crippen MR) is 85.0 cm³/mol. The van der Waals surface area contributed by atoms with Gasteiger partial charge < -0.3 is 10.2 Å². The van der Waals surface area contributed by atoms with Crippen LogP contribution in [0.1, 0.15) is 35.7 Å². The van der Waals surface area contributed by atoms with Gasteiger partial charge in [0.1, 0.15) is 5.56 Å². The third kappa shape index (κ3) is 3.82. The lowest BCUT2D eigenvalue weighted by Crippen LogP contribution is -2.41. The Labute approximate surface area is 130 Å². The lowest BCUT2D eigenvalue weighted by molar-refractivity contribution is -0.385. The Bertz CT molecular complexity index is 552. The van der Waals surface area contributed by atoms with Crippen LogP contribution in [-0.2, 0) is 0 Å². The summed E-state index contributed by atoms with van der Waals surface area (Å²) in [6.45, 7) is 7.18. The van der Waals surface area contributed by atoms with Gasteiger partial charge in [-0.1, -0.05) is 13.0 Å². The molecule has 6 heteroatoms. The second-order valence-electron chi connectivity index (χ2n) is 5.82. The summed E-state index contributed by atoms with van der Waals surface area (Å²) in [7, 11) is 0. The van der Waals surface area contributed by atoms with E-state index in [1.54, 1.807) is 17.0 Å². The molecule has 0 aromatic heterocycles. The number of nitro benzene ring substituents is 1. The third-order valence-electron chi connectivity index (χ3n) is 4.16. The van der Waals surface area contributed by atoms with E-state index in [1.165, 1.54) is 6.07 Å². The highest BCUT2D eigenvalue weighted by Gasteiger charge is 2.28. The Hall–Kier alpha value is -1.95. The Morgan fingerprint density at radius 1 is 1.41 bits per heavy atom. The van der Waals surface area contributed by atoms with Crippen molar-refractivity contribution in [1.82, 2.24) is 10.2 Å². The van der Waals surface area contributed by atoms with Gasteiger partial charge in [0.05, 0.1) is 4.92 Å². The number of hydrogen-bond acceptors (Lipinski definition) is 4. The summed E-state index contributed by atoms with van der Waals surface area (Å²) >= 11 is 0. The van der Waals surface area contributed by atoms with E-state index >= 15 is 0 Å². The van der Waals surface area contributed by atoms with Gasteiger partial charge >= 0.3 is 0 Å². The van der Waals surface area contributed by atoms with Crippen molar-refractivity contribution in [2.45, 2.75) is 26.7 Å². The van der Waals surface area contributed by atoms with Crippen molar-refractivity contribution in [2.24, 2.45) is 5.92 Å². The molecule has 1 N–H and O–H groups in total. The number of rotatable bonds is 5. The number of carbonyl (C=O) groups is 1. The van der Waals surface area contributed by atoms with Gasteiger partial charge in [-0.3, -0.25) is 14.9 Å². The average molecular weight is 305 g/mol. The molecule has 1 aromatic rings. The molecule has 6 nitrogen and oxygen atoms in total. The van der Waals surface area contributed by atoms with E-state index in [9.17, 15) is 14.9 Å². The van der Waals surface area contributed by atoms with Gasteiger partial charge in [0.2, 0.25) is 0 Å². The van der Waals surface area contributed by atoms with Crippen LogP contribution in [0, 0.1) is 23.0 Å². The first-order valence-corrected chi connectivity index (χ1v) is 7.78. The highest BCUT2D eigenvalue weighted by atomic mass is 16.6. The molecule has 0 unspecified atom stereocenters. The Kier molecular flexibility index (Phi) is 5.49. The second-order valence-corrected chi connectivity index (χ2v) is 5.82. The van der Waals surface area contributed by atoms with Crippen LogP contribution in [0.2, 0.25) is 0 Å². The number of nitrogens with one attached hydrogen (secondary N) is 1. The van der Waals surface area contributed by atoms with Crippen molar-refractivity contribution < 1.29 is 9.72 Å². The van der Waals surface area contributed by atoms with Crippen molar-refractivity contribution in [1.29, 1.82) is 0 Å². The summed E-state index contributed by atoms with van der Waals surface area (Å²) in [5, 5.41) is 14.4. The van der Waals surface area contributed by atoms with Gasteiger partial charge in [0.15, 0.2) is 0 Å². The van der Waals surface area contributed by atoms with Crippen LogP contribution in [0.4, 0.5) is 5.69 Å². The summed E-state index contributed by atoms with van der Waals surface area (Å²) in [6, 6.07) is 4.70. The molecular weight excluding hydrogens is 282 g/mol. The van der Waals surface area contributed by atoms with Crippen molar-refractivity contribution in [2.75, 3.05) is 26.2 Å². The van der Waals surface area contributed by atoms with Crippen molar-refractivity contribution in [3.8, 4) is 0 Å². The fraction of sp³-hybridized carbons (Fsp3) is 0.562. The minimum Gasteiger partial charge on any atom is -0.338 e. The third-order valence-corrected chi connectivity index (χ3v) is 4.16. The molecule has 1 aliphatic heterocycles. The minimum atomic E-state index is -0.482. The minimum absolute atomic E-state index is 0.106. The van der Waals surface area contributed by atoms with Crippen LogP contribution in [0.15, 0.2) is 18.2 Å². The molecule has 0 atom stereocenters. The zero-order chi connectivity index (χ0) is 16.1. The number of piperidine rings is 1. The molecule has 1 fully saturated rings. The molecule has 1 saturated heterocycles. The van der Waals surface area contributed by atoms with Gasteiger partial charge in [-0.2, -0.15) is 0 Å². The molecule has 120 valence electrons. The maximum absolute atomic E-state index is 12.6. The molecule has 1 aliphatic rings. The van der Waals surface area contributed by atoms with Crippen LogP contribution in [0.25, 0.3) is 0 Å². The molecule has 1 aromatic carbocycles. The summed E-state index contributed by atoms with van der Waals surface area (Å²) in [5.74, 6) is 0.355. The highest BCUT2D eigenvalue weighted by Crippen LogP contribution is 2.24. The molecule has 2 rings (SSSR count). The van der Waals surface area contributed by atoms with E-state index in [0.717, 1.165) is 31.5 Å². The van der Waals surface area contributed by atoms with Gasteiger partial charge in [-0.05, 0) is 50.4 Å². The quantitative estimate of drug-likeness (QED) is 0.669. The van der Waals surface area contributed by atoms with Crippen molar-refractivity contribution in [3.63, 3.8) is 0 Å². The van der Waals surface area contributed by atoms with Crippen LogP contribution in [0.3, 0.4) is 0 Å². The van der Waals surface area contributed by atoms with Crippen molar-refractivity contribution in [3.05, 3.63) is 39.4 Å². The Morgan fingerprint density at radius 3 is 2.68 bits per heavy atom. The number of aryl methyl sites for hydroxylation is 1. The fourth-order valence-electron chi connectivity index (χ4n) is 2.84. The Morgan fingerprint density at radius 2 is 2.09 bits per heavy atom. The fourth-order valence-corrected chi connectivity index (χ4v) is 2.84. The van der Waals surface area contributed by atoms with Gasteiger partial charge in [-0.15, -0.1) is 0 Å². The monoisotopic (exact) mass is 305 g/mol. The van der Waals surface area contributed by atoms with Crippen LogP contribution in [-0.4, -0.2) is 41.9 Å². The number of likely N-dealkylation sites (tertiary alicyclic amines) is 1. The number of carbonyl (C=O) groups excluding carboxylic acids is 1. The summed E-state index contributed by atoms with van der Waals surface area (Å²) in [5.41, 5.74) is 0.955. The lowest BCUT2D eigenvalue weighted by Gasteiger charge is -2.32. The van der Waals surface area contributed by atoms with Crippen molar-refractivity contribution >= 4 is 11.6 Å². The van der Waals surface area contributed by atoms with E-state index in [-0.39, 0.29) is 17.2 Å². The lowest BCUT2D eigenvalue weighted by atomic mass is 9.96. The van der Waals surface area contributed by atoms with E-state index in [2.05, 4.69) is 12.2 Å². The van der Waals surface area contributed by atoms with Crippen LogP contribution >= 0.6 is 0 Å². The average Bonchev–Trinajstić information content (AvgIpc) is 2.52. The number of amides is 1. The number of benzene rings is 1. The van der Waals surface area contributed by atoms with E-state index < -0.39 is 4.92 Å². The summed E-state index contributed by atoms with van der Waals surface area (Å²) in [4.78, 5) is 25.0. The second kappa shape index (κ2) is 7.35. The SMILES string of the molecule is CCNCC1CCN(C(=O)c2cc(C)ccc2[N+](=O)[O-])CC1. The summed E-state index contributed by atoms with van der Waals surface area (Å²) < 4.78 is 0. The number of nitro groups is 1. The van der Waals surface area contributed by atoms with Gasteiger partial charge in [-0.25, -0.2) is 0 Å². The molecule has 0 spiro atoms. The molecule has 0 bridgehead atoms.